The summed E-state index contributed by atoms with van der Waals surface area (Å²) in [7, 11) is -1.93. The molecule has 0 aliphatic heterocycles. The van der Waals surface area contributed by atoms with Crippen molar-refractivity contribution in [2.45, 2.75) is 31.2 Å². The van der Waals surface area contributed by atoms with Gasteiger partial charge in [0.05, 0.1) is 12.0 Å². The van der Waals surface area contributed by atoms with E-state index in [4.69, 9.17) is 4.74 Å². The van der Waals surface area contributed by atoms with Crippen molar-refractivity contribution >= 4 is 21.4 Å². The first-order chi connectivity index (χ1) is 10.6. The number of rotatable bonds is 8. The van der Waals surface area contributed by atoms with Crippen molar-refractivity contribution in [3.8, 4) is 5.75 Å². The zero-order valence-corrected chi connectivity index (χ0v) is 14.5. The normalized spacial score (nSPS) is 11.8. The predicted octanol–water partition coefficient (Wildman–Crippen LogP) is 3.75. The summed E-state index contributed by atoms with van der Waals surface area (Å²) in [6, 6.07) is 10.5. The van der Waals surface area contributed by atoms with E-state index >= 15 is 0 Å². The van der Waals surface area contributed by atoms with Gasteiger partial charge in [-0.25, -0.2) is 8.42 Å². The maximum atomic E-state index is 12.9. The second-order valence-corrected chi connectivity index (χ2v) is 7.92. The number of sulfonamides is 1. The minimum atomic E-state index is -3.49. The van der Waals surface area contributed by atoms with E-state index in [1.54, 1.807) is 47.0 Å². The molecule has 0 fully saturated rings. The molecule has 2 rings (SSSR count). The summed E-state index contributed by atoms with van der Waals surface area (Å²) in [4.78, 5) is 1.36. The van der Waals surface area contributed by atoms with Gasteiger partial charge in [0.2, 0.25) is 10.0 Å². The minimum absolute atomic E-state index is 0.306. The Bertz CT molecular complexity index is 664. The van der Waals surface area contributed by atoms with E-state index in [1.807, 2.05) is 17.5 Å². The van der Waals surface area contributed by atoms with E-state index in [0.29, 0.717) is 23.7 Å². The standard InChI is InChI=1S/C16H21NO3S2/c1-3-4-11-17(13-15-6-5-12-21-15)22(18,19)16-9-7-14(20-2)8-10-16/h5-10,12H,3-4,11,13H2,1-2H3. The Morgan fingerprint density at radius 3 is 2.45 bits per heavy atom. The van der Waals surface area contributed by atoms with Gasteiger partial charge in [-0.15, -0.1) is 11.3 Å². The monoisotopic (exact) mass is 339 g/mol. The third-order valence-corrected chi connectivity index (χ3v) is 6.09. The van der Waals surface area contributed by atoms with Gasteiger partial charge in [0, 0.05) is 18.0 Å². The van der Waals surface area contributed by atoms with Crippen molar-refractivity contribution < 1.29 is 13.2 Å². The number of unbranched alkanes of at least 4 members (excludes halogenated alkanes) is 1. The highest BCUT2D eigenvalue weighted by atomic mass is 32.2. The van der Waals surface area contributed by atoms with Gasteiger partial charge in [-0.05, 0) is 42.1 Å². The van der Waals surface area contributed by atoms with Crippen molar-refractivity contribution in [1.29, 1.82) is 0 Å². The molecule has 0 radical (unpaired) electrons. The molecule has 1 aromatic carbocycles. The molecule has 0 saturated heterocycles. The van der Waals surface area contributed by atoms with Crippen molar-refractivity contribution in [2.24, 2.45) is 0 Å². The first-order valence-corrected chi connectivity index (χ1v) is 9.56. The van der Waals surface area contributed by atoms with Gasteiger partial charge >= 0.3 is 0 Å². The lowest BCUT2D eigenvalue weighted by Gasteiger charge is -2.21. The smallest absolute Gasteiger partial charge is 0.243 e. The third kappa shape index (κ3) is 4.09. The molecular formula is C16H21NO3S2. The predicted molar refractivity (Wildman–Crippen MR) is 89.8 cm³/mol. The molecule has 0 bridgehead atoms. The highest BCUT2D eigenvalue weighted by molar-refractivity contribution is 7.89. The molecule has 0 aliphatic rings. The van der Waals surface area contributed by atoms with Gasteiger partial charge in [-0.1, -0.05) is 19.4 Å². The second kappa shape index (κ2) is 7.76. The van der Waals surface area contributed by atoms with Crippen LogP contribution in [-0.2, 0) is 16.6 Å². The van der Waals surface area contributed by atoms with E-state index in [9.17, 15) is 8.42 Å². The molecule has 1 aromatic heterocycles. The molecule has 2 aromatic rings. The Balaban J connectivity index is 2.26. The topological polar surface area (TPSA) is 46.6 Å². The van der Waals surface area contributed by atoms with Crippen LogP contribution < -0.4 is 4.74 Å². The van der Waals surface area contributed by atoms with Crippen LogP contribution >= 0.6 is 11.3 Å². The number of hydrogen-bond acceptors (Lipinski definition) is 4. The first-order valence-electron chi connectivity index (χ1n) is 7.24. The van der Waals surface area contributed by atoms with Crippen LogP contribution in [0.1, 0.15) is 24.6 Å². The van der Waals surface area contributed by atoms with Crippen LogP contribution in [0.4, 0.5) is 0 Å². The molecule has 0 unspecified atom stereocenters. The number of nitrogens with zero attached hydrogens (tertiary/aromatic N) is 1. The summed E-state index contributed by atoms with van der Waals surface area (Å²) in [6.07, 6.45) is 1.81. The zero-order chi connectivity index (χ0) is 16.0. The molecule has 0 spiro atoms. The molecule has 4 nitrogen and oxygen atoms in total. The fraction of sp³-hybridized carbons (Fsp3) is 0.375. The maximum Gasteiger partial charge on any atom is 0.243 e. The first kappa shape index (κ1) is 17.0. The number of thiophene rings is 1. The summed E-state index contributed by atoms with van der Waals surface area (Å²) in [5.74, 6) is 0.650. The van der Waals surface area contributed by atoms with Crippen LogP contribution in [0.15, 0.2) is 46.7 Å². The van der Waals surface area contributed by atoms with Crippen molar-refractivity contribution in [2.75, 3.05) is 13.7 Å². The van der Waals surface area contributed by atoms with Crippen LogP contribution in [0, 0.1) is 0 Å². The number of hydrogen-bond donors (Lipinski definition) is 0. The minimum Gasteiger partial charge on any atom is -0.497 e. The van der Waals surface area contributed by atoms with E-state index in [1.165, 1.54) is 0 Å². The molecule has 0 saturated carbocycles. The molecule has 0 aliphatic carbocycles. The molecule has 0 N–H and O–H groups in total. The fourth-order valence-electron chi connectivity index (χ4n) is 2.09. The Morgan fingerprint density at radius 2 is 1.91 bits per heavy atom. The van der Waals surface area contributed by atoms with Crippen LogP contribution in [-0.4, -0.2) is 26.4 Å². The van der Waals surface area contributed by atoms with Crippen LogP contribution in [0.25, 0.3) is 0 Å². The lowest BCUT2D eigenvalue weighted by molar-refractivity contribution is 0.400. The quantitative estimate of drug-likeness (QED) is 0.736. The average Bonchev–Trinajstić information content (AvgIpc) is 3.04. The van der Waals surface area contributed by atoms with Gasteiger partial charge in [-0.3, -0.25) is 0 Å². The highest BCUT2D eigenvalue weighted by Crippen LogP contribution is 2.23. The van der Waals surface area contributed by atoms with Crippen LogP contribution in [0.2, 0.25) is 0 Å². The average molecular weight is 339 g/mol. The van der Waals surface area contributed by atoms with Gasteiger partial charge in [0.1, 0.15) is 5.75 Å². The van der Waals surface area contributed by atoms with E-state index < -0.39 is 10.0 Å². The summed E-state index contributed by atoms with van der Waals surface area (Å²) in [6.45, 7) is 3.01. The lowest BCUT2D eigenvalue weighted by Crippen LogP contribution is -2.31. The zero-order valence-electron chi connectivity index (χ0n) is 12.9. The Hall–Kier alpha value is -1.37. The lowest BCUT2D eigenvalue weighted by atomic mass is 10.3. The number of ether oxygens (including phenoxy) is 1. The Kier molecular flexibility index (Phi) is 5.99. The van der Waals surface area contributed by atoms with Gasteiger partial charge in [0.15, 0.2) is 0 Å². The van der Waals surface area contributed by atoms with Crippen molar-refractivity contribution in [3.05, 3.63) is 46.7 Å². The Morgan fingerprint density at radius 1 is 1.18 bits per heavy atom. The number of benzene rings is 1. The summed E-state index contributed by atoms with van der Waals surface area (Å²) < 4.78 is 32.4. The maximum absolute atomic E-state index is 12.9. The number of methoxy groups -OCH3 is 1. The van der Waals surface area contributed by atoms with E-state index in [2.05, 4.69) is 6.92 Å². The van der Waals surface area contributed by atoms with Crippen molar-refractivity contribution in [1.82, 2.24) is 4.31 Å². The summed E-state index contributed by atoms with van der Waals surface area (Å²) >= 11 is 1.58. The highest BCUT2D eigenvalue weighted by Gasteiger charge is 2.24. The summed E-state index contributed by atoms with van der Waals surface area (Å²) in [5, 5.41) is 1.97. The fourth-order valence-corrected chi connectivity index (χ4v) is 4.35. The van der Waals surface area contributed by atoms with Crippen LogP contribution in [0.3, 0.4) is 0 Å². The van der Waals surface area contributed by atoms with Crippen molar-refractivity contribution in [3.63, 3.8) is 0 Å². The molecule has 0 amide bonds. The second-order valence-electron chi connectivity index (χ2n) is 4.95. The molecular weight excluding hydrogens is 318 g/mol. The SMILES string of the molecule is CCCCN(Cc1cccs1)S(=O)(=O)c1ccc(OC)cc1. The molecule has 0 atom stereocenters. The van der Waals surface area contributed by atoms with Gasteiger partial charge in [-0.2, -0.15) is 4.31 Å². The molecule has 6 heteroatoms. The van der Waals surface area contributed by atoms with Gasteiger partial charge < -0.3 is 4.74 Å². The molecule has 1 heterocycles. The summed E-state index contributed by atoms with van der Waals surface area (Å²) in [5.41, 5.74) is 0. The van der Waals surface area contributed by atoms with E-state index in [0.717, 1.165) is 17.7 Å². The largest absolute Gasteiger partial charge is 0.497 e. The molecule has 22 heavy (non-hydrogen) atoms. The van der Waals surface area contributed by atoms with E-state index in [-0.39, 0.29) is 0 Å². The Labute approximate surface area is 136 Å². The third-order valence-electron chi connectivity index (χ3n) is 3.37. The molecule has 120 valence electrons. The van der Waals surface area contributed by atoms with Crippen LogP contribution in [0.5, 0.6) is 5.75 Å². The van der Waals surface area contributed by atoms with Gasteiger partial charge in [0.25, 0.3) is 0 Å².